The molecule has 2 atom stereocenters. The van der Waals surface area contributed by atoms with Crippen LogP contribution in [0.2, 0.25) is 0 Å². The number of ether oxygens (including phenoxy) is 1. The average Bonchev–Trinajstić information content (AvgIpc) is 2.60. The lowest BCUT2D eigenvalue weighted by molar-refractivity contribution is 0.197. The fourth-order valence-electron chi connectivity index (χ4n) is 1.79. The summed E-state index contributed by atoms with van der Waals surface area (Å²) in [5, 5.41) is 9.07. The van der Waals surface area contributed by atoms with Gasteiger partial charge in [-0.15, -0.1) is 0 Å². The molecule has 0 radical (unpaired) electrons. The minimum Gasteiger partial charge on any atom is -0.493 e. The highest BCUT2D eigenvalue weighted by molar-refractivity contribution is 5.39. The van der Waals surface area contributed by atoms with Crippen LogP contribution in [0.25, 0.3) is 0 Å². The van der Waals surface area contributed by atoms with E-state index in [4.69, 9.17) is 9.84 Å². The zero-order valence-electron chi connectivity index (χ0n) is 7.73. The summed E-state index contributed by atoms with van der Waals surface area (Å²) in [5.41, 5.74) is 1.24. The molecule has 0 aromatic heterocycles. The Morgan fingerprint density at radius 1 is 1.54 bits per heavy atom. The van der Waals surface area contributed by atoms with Crippen molar-refractivity contribution in [2.45, 2.75) is 12.8 Å². The molecule has 2 rings (SSSR count). The van der Waals surface area contributed by atoms with Crippen LogP contribution in [0.15, 0.2) is 24.3 Å². The fraction of sp³-hybridized carbons (Fsp3) is 0.455. The topological polar surface area (TPSA) is 29.5 Å². The van der Waals surface area contributed by atoms with Crippen LogP contribution < -0.4 is 4.74 Å². The third-order valence-corrected chi connectivity index (χ3v) is 2.71. The van der Waals surface area contributed by atoms with Crippen LogP contribution in [-0.4, -0.2) is 18.3 Å². The van der Waals surface area contributed by atoms with Crippen molar-refractivity contribution in [1.82, 2.24) is 0 Å². The van der Waals surface area contributed by atoms with Crippen LogP contribution in [0.4, 0.5) is 0 Å². The summed E-state index contributed by atoms with van der Waals surface area (Å²) in [6, 6.07) is 8.06. The quantitative estimate of drug-likeness (QED) is 0.748. The molecule has 70 valence electrons. The second-order valence-electron chi connectivity index (χ2n) is 3.62. The molecule has 0 saturated carbocycles. The van der Waals surface area contributed by atoms with Crippen molar-refractivity contribution < 1.29 is 9.84 Å². The molecule has 1 aliphatic heterocycles. The molecule has 1 heterocycles. The monoisotopic (exact) mass is 178 g/mol. The minimum absolute atomic E-state index is 0.225. The predicted molar refractivity (Wildman–Crippen MR) is 50.9 cm³/mol. The first-order valence-electron chi connectivity index (χ1n) is 4.65. The normalized spacial score (nSPS) is 22.2. The Morgan fingerprint density at radius 2 is 2.31 bits per heavy atom. The van der Waals surface area contributed by atoms with E-state index in [1.807, 2.05) is 18.2 Å². The molecule has 1 aromatic rings. The van der Waals surface area contributed by atoms with Gasteiger partial charge in [-0.2, -0.15) is 0 Å². The summed E-state index contributed by atoms with van der Waals surface area (Å²) in [5.74, 6) is 1.62. The molecule has 1 N–H and O–H groups in total. The fourth-order valence-corrected chi connectivity index (χ4v) is 1.79. The summed E-state index contributed by atoms with van der Waals surface area (Å²) in [4.78, 5) is 0. The molecule has 1 aliphatic rings. The number of aliphatic hydroxyl groups is 1. The van der Waals surface area contributed by atoms with Crippen LogP contribution in [-0.2, 0) is 0 Å². The molecule has 2 heteroatoms. The van der Waals surface area contributed by atoms with Gasteiger partial charge in [0.05, 0.1) is 6.61 Å². The van der Waals surface area contributed by atoms with E-state index in [9.17, 15) is 0 Å². The first-order chi connectivity index (χ1) is 6.33. The third kappa shape index (κ3) is 1.42. The summed E-state index contributed by atoms with van der Waals surface area (Å²) < 4.78 is 5.52. The van der Waals surface area contributed by atoms with Crippen molar-refractivity contribution in [2.75, 3.05) is 13.2 Å². The summed E-state index contributed by atoms with van der Waals surface area (Å²) in [6.07, 6.45) is 0. The van der Waals surface area contributed by atoms with Crippen LogP contribution in [0, 0.1) is 5.92 Å². The molecule has 0 amide bonds. The van der Waals surface area contributed by atoms with E-state index in [2.05, 4.69) is 13.0 Å². The van der Waals surface area contributed by atoms with Crippen molar-refractivity contribution in [3.63, 3.8) is 0 Å². The summed E-state index contributed by atoms with van der Waals surface area (Å²) in [7, 11) is 0. The predicted octanol–water partition coefficient (Wildman–Crippen LogP) is 1.79. The van der Waals surface area contributed by atoms with Gasteiger partial charge in [-0.1, -0.05) is 25.1 Å². The number of aliphatic hydroxyl groups excluding tert-OH is 1. The van der Waals surface area contributed by atoms with Crippen LogP contribution >= 0.6 is 0 Å². The van der Waals surface area contributed by atoms with Crippen molar-refractivity contribution in [2.24, 2.45) is 5.92 Å². The van der Waals surface area contributed by atoms with Gasteiger partial charge in [0.25, 0.3) is 0 Å². The maximum absolute atomic E-state index is 9.07. The van der Waals surface area contributed by atoms with Gasteiger partial charge < -0.3 is 9.84 Å². The Bertz CT molecular complexity index is 296. The van der Waals surface area contributed by atoms with Gasteiger partial charge in [0, 0.05) is 18.1 Å². The van der Waals surface area contributed by atoms with Crippen molar-refractivity contribution >= 4 is 0 Å². The van der Waals surface area contributed by atoms with Crippen LogP contribution in [0.1, 0.15) is 18.4 Å². The van der Waals surface area contributed by atoms with E-state index in [-0.39, 0.29) is 12.5 Å². The maximum atomic E-state index is 9.07. The van der Waals surface area contributed by atoms with Crippen molar-refractivity contribution in [3.05, 3.63) is 29.8 Å². The van der Waals surface area contributed by atoms with E-state index in [1.54, 1.807) is 0 Å². The van der Waals surface area contributed by atoms with E-state index in [0.717, 1.165) is 5.75 Å². The number of fused-ring (bicyclic) bond motifs is 1. The second-order valence-corrected chi connectivity index (χ2v) is 3.62. The molecule has 0 spiro atoms. The standard InChI is InChI=1S/C11H14O2/c1-8(6-12)10-7-13-11-5-3-2-4-9(10)11/h2-5,8,10,12H,6-7H2,1H3. The number of hydrogen-bond donors (Lipinski definition) is 1. The molecular formula is C11H14O2. The molecule has 0 saturated heterocycles. The van der Waals surface area contributed by atoms with Gasteiger partial charge in [-0.05, 0) is 12.0 Å². The minimum atomic E-state index is 0.225. The highest BCUT2D eigenvalue weighted by atomic mass is 16.5. The number of hydrogen-bond acceptors (Lipinski definition) is 2. The molecule has 1 aromatic carbocycles. The van der Waals surface area contributed by atoms with Crippen molar-refractivity contribution in [3.8, 4) is 5.75 Å². The Balaban J connectivity index is 2.28. The Labute approximate surface area is 78.2 Å². The largest absolute Gasteiger partial charge is 0.493 e. The molecule has 0 bridgehead atoms. The smallest absolute Gasteiger partial charge is 0.122 e. The van der Waals surface area contributed by atoms with Crippen LogP contribution in [0.3, 0.4) is 0 Å². The Kier molecular flexibility index (Phi) is 2.23. The molecule has 0 fully saturated rings. The molecular weight excluding hydrogens is 164 g/mol. The maximum Gasteiger partial charge on any atom is 0.122 e. The van der Waals surface area contributed by atoms with Gasteiger partial charge in [-0.3, -0.25) is 0 Å². The van der Waals surface area contributed by atoms with E-state index < -0.39 is 0 Å². The second kappa shape index (κ2) is 3.38. The zero-order valence-corrected chi connectivity index (χ0v) is 7.73. The summed E-state index contributed by atoms with van der Waals surface area (Å²) in [6.45, 7) is 2.99. The van der Waals surface area contributed by atoms with Gasteiger partial charge in [0.1, 0.15) is 5.75 Å². The highest BCUT2D eigenvalue weighted by Crippen LogP contribution is 2.37. The van der Waals surface area contributed by atoms with Crippen molar-refractivity contribution in [1.29, 1.82) is 0 Å². The Morgan fingerprint density at radius 3 is 3.08 bits per heavy atom. The van der Waals surface area contributed by atoms with E-state index in [1.165, 1.54) is 5.56 Å². The lowest BCUT2D eigenvalue weighted by atomic mass is 9.90. The summed E-state index contributed by atoms with van der Waals surface area (Å²) >= 11 is 0. The van der Waals surface area contributed by atoms with Crippen LogP contribution in [0.5, 0.6) is 5.75 Å². The lowest BCUT2D eigenvalue weighted by Gasteiger charge is -2.14. The first kappa shape index (κ1) is 8.57. The molecule has 0 aliphatic carbocycles. The van der Waals surface area contributed by atoms with E-state index in [0.29, 0.717) is 12.5 Å². The lowest BCUT2D eigenvalue weighted by Crippen LogP contribution is -2.14. The molecule has 2 nitrogen and oxygen atoms in total. The Hall–Kier alpha value is -1.02. The molecule has 2 unspecified atom stereocenters. The number of rotatable bonds is 2. The highest BCUT2D eigenvalue weighted by Gasteiger charge is 2.27. The molecule has 13 heavy (non-hydrogen) atoms. The van der Waals surface area contributed by atoms with E-state index >= 15 is 0 Å². The average molecular weight is 178 g/mol. The van der Waals surface area contributed by atoms with Gasteiger partial charge in [0.2, 0.25) is 0 Å². The number of benzene rings is 1. The first-order valence-corrected chi connectivity index (χ1v) is 4.65. The van der Waals surface area contributed by atoms with Gasteiger partial charge >= 0.3 is 0 Å². The number of para-hydroxylation sites is 1. The SMILES string of the molecule is CC(CO)C1COc2ccccc21. The van der Waals surface area contributed by atoms with Gasteiger partial charge in [-0.25, -0.2) is 0 Å². The zero-order chi connectivity index (χ0) is 9.26. The third-order valence-electron chi connectivity index (χ3n) is 2.71. The van der Waals surface area contributed by atoms with Gasteiger partial charge in [0.15, 0.2) is 0 Å².